The average Bonchev–Trinajstić information content (AvgIpc) is 2.50. The van der Waals surface area contributed by atoms with Crippen LogP contribution in [0.2, 0.25) is 5.02 Å². The SMILES string of the molecule is COc1ccc(CN(C)C(=O)c2cccc(N)c2Cl)cc1. The molecule has 0 aliphatic rings. The van der Waals surface area contributed by atoms with Crippen molar-refractivity contribution in [3.05, 3.63) is 58.6 Å². The Morgan fingerprint density at radius 1 is 1.24 bits per heavy atom. The van der Waals surface area contributed by atoms with Gasteiger partial charge >= 0.3 is 0 Å². The fourth-order valence-corrected chi connectivity index (χ4v) is 2.20. The molecular formula is C16H17ClN2O2. The zero-order chi connectivity index (χ0) is 15.4. The molecule has 0 bridgehead atoms. The Labute approximate surface area is 129 Å². The zero-order valence-electron chi connectivity index (χ0n) is 12.0. The summed E-state index contributed by atoms with van der Waals surface area (Å²) in [4.78, 5) is 14.0. The van der Waals surface area contributed by atoms with Crippen LogP contribution in [-0.4, -0.2) is 25.0 Å². The van der Waals surface area contributed by atoms with Crippen molar-refractivity contribution in [1.82, 2.24) is 4.90 Å². The van der Waals surface area contributed by atoms with Crippen molar-refractivity contribution in [3.63, 3.8) is 0 Å². The molecule has 5 heteroatoms. The first kappa shape index (κ1) is 15.2. The van der Waals surface area contributed by atoms with Gasteiger partial charge in [0.25, 0.3) is 5.91 Å². The van der Waals surface area contributed by atoms with Crippen molar-refractivity contribution in [2.45, 2.75) is 6.54 Å². The zero-order valence-corrected chi connectivity index (χ0v) is 12.7. The molecular weight excluding hydrogens is 288 g/mol. The molecule has 2 N–H and O–H groups in total. The Morgan fingerprint density at radius 2 is 1.90 bits per heavy atom. The van der Waals surface area contributed by atoms with Gasteiger partial charge in [0.05, 0.1) is 23.4 Å². The third-order valence-electron chi connectivity index (χ3n) is 3.18. The molecule has 0 spiro atoms. The summed E-state index contributed by atoms with van der Waals surface area (Å²) in [6.07, 6.45) is 0. The van der Waals surface area contributed by atoms with E-state index in [1.807, 2.05) is 24.3 Å². The number of benzene rings is 2. The minimum Gasteiger partial charge on any atom is -0.497 e. The molecule has 0 heterocycles. The Morgan fingerprint density at radius 3 is 2.52 bits per heavy atom. The van der Waals surface area contributed by atoms with E-state index >= 15 is 0 Å². The molecule has 2 rings (SSSR count). The molecule has 0 radical (unpaired) electrons. The highest BCUT2D eigenvalue weighted by molar-refractivity contribution is 6.36. The number of rotatable bonds is 4. The summed E-state index contributed by atoms with van der Waals surface area (Å²) in [5, 5.41) is 0.295. The van der Waals surface area contributed by atoms with Crippen LogP contribution >= 0.6 is 11.6 Å². The van der Waals surface area contributed by atoms with Crippen molar-refractivity contribution in [3.8, 4) is 5.75 Å². The van der Waals surface area contributed by atoms with E-state index in [9.17, 15) is 4.79 Å². The van der Waals surface area contributed by atoms with Crippen LogP contribution in [-0.2, 0) is 6.54 Å². The van der Waals surface area contributed by atoms with Crippen LogP contribution in [0.3, 0.4) is 0 Å². The molecule has 0 atom stereocenters. The van der Waals surface area contributed by atoms with Gasteiger partial charge in [-0.15, -0.1) is 0 Å². The summed E-state index contributed by atoms with van der Waals surface area (Å²) in [5.41, 5.74) is 7.55. The van der Waals surface area contributed by atoms with E-state index < -0.39 is 0 Å². The van der Waals surface area contributed by atoms with Gasteiger partial charge in [-0.05, 0) is 29.8 Å². The number of hydrogen-bond acceptors (Lipinski definition) is 3. The third-order valence-corrected chi connectivity index (χ3v) is 3.61. The van der Waals surface area contributed by atoms with Gasteiger partial charge in [-0.2, -0.15) is 0 Å². The van der Waals surface area contributed by atoms with Gasteiger partial charge in [0.1, 0.15) is 5.75 Å². The number of nitrogen functional groups attached to an aromatic ring is 1. The lowest BCUT2D eigenvalue weighted by atomic mass is 10.1. The van der Waals surface area contributed by atoms with Gasteiger partial charge in [0.15, 0.2) is 0 Å². The summed E-state index contributed by atoms with van der Waals surface area (Å²) < 4.78 is 5.11. The molecule has 2 aromatic rings. The lowest BCUT2D eigenvalue weighted by Gasteiger charge is -2.18. The van der Waals surface area contributed by atoms with E-state index in [1.54, 1.807) is 37.3 Å². The van der Waals surface area contributed by atoms with Crippen LogP contribution in [0.15, 0.2) is 42.5 Å². The highest BCUT2D eigenvalue weighted by Gasteiger charge is 2.16. The lowest BCUT2D eigenvalue weighted by molar-refractivity contribution is 0.0785. The number of methoxy groups -OCH3 is 1. The van der Waals surface area contributed by atoms with E-state index in [-0.39, 0.29) is 5.91 Å². The molecule has 4 nitrogen and oxygen atoms in total. The monoisotopic (exact) mass is 304 g/mol. The van der Waals surface area contributed by atoms with E-state index in [0.29, 0.717) is 22.8 Å². The number of carbonyl (C=O) groups is 1. The van der Waals surface area contributed by atoms with Crippen molar-refractivity contribution < 1.29 is 9.53 Å². The number of halogens is 1. The maximum Gasteiger partial charge on any atom is 0.255 e. The molecule has 1 amide bonds. The summed E-state index contributed by atoms with van der Waals surface area (Å²) in [6.45, 7) is 0.480. The fraction of sp³-hybridized carbons (Fsp3) is 0.188. The lowest BCUT2D eigenvalue weighted by Crippen LogP contribution is -2.26. The largest absolute Gasteiger partial charge is 0.497 e. The van der Waals surface area contributed by atoms with Crippen LogP contribution in [0.25, 0.3) is 0 Å². The van der Waals surface area contributed by atoms with Crippen molar-refractivity contribution in [1.29, 1.82) is 0 Å². The second-order valence-electron chi connectivity index (χ2n) is 4.72. The summed E-state index contributed by atoms with van der Waals surface area (Å²) >= 11 is 6.09. The average molecular weight is 305 g/mol. The molecule has 0 saturated heterocycles. The second kappa shape index (κ2) is 6.50. The maximum atomic E-state index is 12.4. The van der Waals surface area contributed by atoms with Gasteiger partial charge in [-0.1, -0.05) is 29.8 Å². The second-order valence-corrected chi connectivity index (χ2v) is 5.10. The highest BCUT2D eigenvalue weighted by atomic mass is 35.5. The fourth-order valence-electron chi connectivity index (χ4n) is 2.00. The van der Waals surface area contributed by atoms with Crippen molar-refractivity contribution in [2.24, 2.45) is 0 Å². The van der Waals surface area contributed by atoms with E-state index in [4.69, 9.17) is 22.1 Å². The Hall–Kier alpha value is -2.20. The van der Waals surface area contributed by atoms with Crippen molar-refractivity contribution in [2.75, 3.05) is 19.9 Å². The van der Waals surface area contributed by atoms with Gasteiger partial charge < -0.3 is 15.4 Å². The van der Waals surface area contributed by atoms with Crippen LogP contribution in [0, 0.1) is 0 Å². The first-order valence-electron chi connectivity index (χ1n) is 6.45. The molecule has 0 fully saturated rings. The van der Waals surface area contributed by atoms with Crippen LogP contribution in [0.1, 0.15) is 15.9 Å². The number of hydrogen-bond donors (Lipinski definition) is 1. The minimum absolute atomic E-state index is 0.164. The van der Waals surface area contributed by atoms with E-state index in [2.05, 4.69) is 0 Å². The molecule has 0 aromatic heterocycles. The maximum absolute atomic E-state index is 12.4. The van der Waals surface area contributed by atoms with E-state index in [0.717, 1.165) is 11.3 Å². The van der Waals surface area contributed by atoms with E-state index in [1.165, 1.54) is 0 Å². The Balaban J connectivity index is 2.13. The van der Waals surface area contributed by atoms with Crippen molar-refractivity contribution >= 4 is 23.2 Å². The normalized spacial score (nSPS) is 10.2. The first-order valence-corrected chi connectivity index (χ1v) is 6.83. The molecule has 110 valence electrons. The number of anilines is 1. The summed E-state index contributed by atoms with van der Waals surface area (Å²) in [7, 11) is 3.35. The van der Waals surface area contributed by atoms with Gasteiger partial charge in [-0.25, -0.2) is 0 Å². The minimum atomic E-state index is -0.164. The topological polar surface area (TPSA) is 55.6 Å². The Bertz CT molecular complexity index is 641. The summed E-state index contributed by atoms with van der Waals surface area (Å²) in [6, 6.07) is 12.6. The first-order chi connectivity index (χ1) is 10.0. The van der Waals surface area contributed by atoms with Crippen LogP contribution < -0.4 is 10.5 Å². The van der Waals surface area contributed by atoms with Gasteiger partial charge in [-0.3, -0.25) is 4.79 Å². The van der Waals surface area contributed by atoms with Gasteiger partial charge in [0.2, 0.25) is 0 Å². The quantitative estimate of drug-likeness (QED) is 0.883. The van der Waals surface area contributed by atoms with Crippen LogP contribution in [0.5, 0.6) is 5.75 Å². The Kier molecular flexibility index (Phi) is 4.70. The predicted octanol–water partition coefficient (Wildman–Crippen LogP) is 3.20. The molecule has 0 aliphatic heterocycles. The molecule has 2 aromatic carbocycles. The van der Waals surface area contributed by atoms with Gasteiger partial charge in [0, 0.05) is 13.6 Å². The number of ether oxygens (including phenoxy) is 1. The number of carbonyl (C=O) groups excluding carboxylic acids is 1. The molecule has 0 aliphatic carbocycles. The molecule has 21 heavy (non-hydrogen) atoms. The molecule has 0 saturated carbocycles. The summed E-state index contributed by atoms with van der Waals surface area (Å²) in [5.74, 6) is 0.620. The number of nitrogens with two attached hydrogens (primary N) is 1. The van der Waals surface area contributed by atoms with Crippen LogP contribution in [0.4, 0.5) is 5.69 Å². The smallest absolute Gasteiger partial charge is 0.255 e. The highest BCUT2D eigenvalue weighted by Crippen LogP contribution is 2.24. The third kappa shape index (κ3) is 3.47. The number of amides is 1. The number of nitrogens with zero attached hydrogens (tertiary/aromatic N) is 1. The standard InChI is InChI=1S/C16H17ClN2O2/c1-19(10-11-6-8-12(21-2)9-7-11)16(20)13-4-3-5-14(18)15(13)17/h3-9H,10,18H2,1-2H3. The predicted molar refractivity (Wildman–Crippen MR) is 84.7 cm³/mol. The molecule has 0 unspecified atom stereocenters.